The molecule has 0 aromatic rings. The Bertz CT molecular complexity index is 196. The van der Waals surface area contributed by atoms with Gasteiger partial charge in [0.2, 0.25) is 0 Å². The van der Waals surface area contributed by atoms with Crippen molar-refractivity contribution in [3.63, 3.8) is 0 Å². The molecule has 0 N–H and O–H groups in total. The zero-order valence-corrected chi connectivity index (χ0v) is 12.1. The van der Waals surface area contributed by atoms with E-state index >= 15 is 0 Å². The summed E-state index contributed by atoms with van der Waals surface area (Å²) in [4.78, 5) is 0. The van der Waals surface area contributed by atoms with Gasteiger partial charge in [-0.15, -0.1) is 0 Å². The van der Waals surface area contributed by atoms with Gasteiger partial charge in [-0.1, -0.05) is 66.2 Å². The maximum Gasteiger partial charge on any atom is 0.459 e. The summed E-state index contributed by atoms with van der Waals surface area (Å²) in [5, 5.41) is 0. The van der Waals surface area contributed by atoms with Crippen LogP contribution in [0.3, 0.4) is 0 Å². The predicted octanol–water partition coefficient (Wildman–Crippen LogP) is 4.30. The lowest BCUT2D eigenvalue weighted by atomic mass is 9.68. The van der Waals surface area contributed by atoms with Crippen molar-refractivity contribution in [1.29, 1.82) is 0 Å². The first-order valence-electron chi connectivity index (χ1n) is 7.28. The topological polar surface area (TPSA) is 18.5 Å². The molecular weight excluding hydrogens is 211 g/mol. The highest BCUT2D eigenvalue weighted by Gasteiger charge is 2.35. The van der Waals surface area contributed by atoms with Crippen molar-refractivity contribution in [2.75, 3.05) is 13.2 Å². The standard InChI is InChI=1S/C14H29BO2/c1-5-6-7-8-9-10-13(2)15-16-11-14(3,4)12-17-15/h13H,5-12H2,1-4H3. The molecule has 0 spiro atoms. The summed E-state index contributed by atoms with van der Waals surface area (Å²) < 4.78 is 11.6. The van der Waals surface area contributed by atoms with Gasteiger partial charge in [-0.3, -0.25) is 0 Å². The highest BCUT2D eigenvalue weighted by atomic mass is 16.6. The van der Waals surface area contributed by atoms with Gasteiger partial charge in [-0.05, 0) is 5.82 Å². The Morgan fingerprint density at radius 2 is 1.65 bits per heavy atom. The third kappa shape index (κ3) is 5.92. The second-order valence-corrected chi connectivity index (χ2v) is 6.33. The van der Waals surface area contributed by atoms with Crippen LogP contribution in [-0.4, -0.2) is 20.3 Å². The van der Waals surface area contributed by atoms with E-state index in [0.29, 0.717) is 5.82 Å². The first-order valence-corrected chi connectivity index (χ1v) is 7.28. The minimum Gasteiger partial charge on any atom is -0.410 e. The molecule has 2 nitrogen and oxygen atoms in total. The third-order valence-electron chi connectivity index (χ3n) is 3.50. The van der Waals surface area contributed by atoms with Crippen molar-refractivity contribution in [1.82, 2.24) is 0 Å². The minimum absolute atomic E-state index is 0.0363. The smallest absolute Gasteiger partial charge is 0.410 e. The van der Waals surface area contributed by atoms with E-state index in [1.807, 2.05) is 0 Å². The second kappa shape index (κ2) is 7.43. The fourth-order valence-corrected chi connectivity index (χ4v) is 2.24. The summed E-state index contributed by atoms with van der Waals surface area (Å²) in [5.74, 6) is 0.535. The maximum absolute atomic E-state index is 5.81. The number of rotatable bonds is 7. The van der Waals surface area contributed by atoms with Crippen molar-refractivity contribution in [3.05, 3.63) is 0 Å². The Morgan fingerprint density at radius 1 is 1.06 bits per heavy atom. The van der Waals surface area contributed by atoms with E-state index in [1.165, 1.54) is 38.5 Å². The van der Waals surface area contributed by atoms with E-state index in [4.69, 9.17) is 9.31 Å². The highest BCUT2D eigenvalue weighted by Crippen LogP contribution is 2.28. The fraction of sp³-hybridized carbons (Fsp3) is 1.00. The molecule has 0 saturated carbocycles. The molecular formula is C14H29BO2. The molecule has 1 rings (SSSR count). The molecule has 1 fully saturated rings. The van der Waals surface area contributed by atoms with Gasteiger partial charge >= 0.3 is 7.12 Å². The van der Waals surface area contributed by atoms with Crippen molar-refractivity contribution in [2.45, 2.75) is 72.0 Å². The molecule has 0 amide bonds. The predicted molar refractivity (Wildman–Crippen MR) is 74.2 cm³/mol. The van der Waals surface area contributed by atoms with Crippen LogP contribution >= 0.6 is 0 Å². The van der Waals surface area contributed by atoms with E-state index in [0.717, 1.165) is 13.2 Å². The second-order valence-electron chi connectivity index (χ2n) is 6.33. The molecule has 0 aromatic carbocycles. The molecule has 0 aliphatic carbocycles. The summed E-state index contributed by atoms with van der Waals surface area (Å²) in [5.41, 5.74) is 0.192. The Labute approximate surface area is 108 Å². The van der Waals surface area contributed by atoms with Crippen molar-refractivity contribution in [3.8, 4) is 0 Å². The van der Waals surface area contributed by atoms with Gasteiger partial charge in [-0.2, -0.15) is 0 Å². The minimum atomic E-state index is 0.0363. The first kappa shape index (κ1) is 15.0. The van der Waals surface area contributed by atoms with Crippen LogP contribution in [0.15, 0.2) is 0 Å². The van der Waals surface area contributed by atoms with Gasteiger partial charge in [0, 0.05) is 18.6 Å². The van der Waals surface area contributed by atoms with Crippen LogP contribution in [0.1, 0.15) is 66.2 Å². The van der Waals surface area contributed by atoms with Crippen LogP contribution in [0.25, 0.3) is 0 Å². The molecule has 0 bridgehead atoms. The molecule has 3 heteroatoms. The quantitative estimate of drug-likeness (QED) is 0.488. The Balaban J connectivity index is 2.10. The van der Waals surface area contributed by atoms with Gasteiger partial charge in [-0.25, -0.2) is 0 Å². The molecule has 1 atom stereocenters. The Hall–Kier alpha value is -0.0151. The molecule has 1 aliphatic rings. The van der Waals surface area contributed by atoms with Crippen LogP contribution in [0.5, 0.6) is 0 Å². The Morgan fingerprint density at radius 3 is 2.24 bits per heavy atom. The Kier molecular flexibility index (Phi) is 6.57. The zero-order valence-electron chi connectivity index (χ0n) is 12.1. The number of unbranched alkanes of at least 4 members (excludes halogenated alkanes) is 4. The lowest BCUT2D eigenvalue weighted by Gasteiger charge is -2.35. The largest absolute Gasteiger partial charge is 0.459 e. The van der Waals surface area contributed by atoms with Crippen molar-refractivity contribution >= 4 is 7.12 Å². The maximum atomic E-state index is 5.81. The summed E-state index contributed by atoms with van der Waals surface area (Å²) in [6.07, 6.45) is 7.97. The van der Waals surface area contributed by atoms with Gasteiger partial charge in [0.05, 0.1) is 0 Å². The average Bonchev–Trinajstić information content (AvgIpc) is 2.28. The molecule has 0 aromatic heterocycles. The third-order valence-corrected chi connectivity index (χ3v) is 3.50. The highest BCUT2D eigenvalue weighted by molar-refractivity contribution is 6.46. The summed E-state index contributed by atoms with van der Waals surface area (Å²) in [6.45, 7) is 10.6. The lowest BCUT2D eigenvalue weighted by Crippen LogP contribution is -2.42. The molecule has 1 heterocycles. The van der Waals surface area contributed by atoms with Crippen LogP contribution in [-0.2, 0) is 9.31 Å². The van der Waals surface area contributed by atoms with Crippen molar-refractivity contribution < 1.29 is 9.31 Å². The van der Waals surface area contributed by atoms with Gasteiger partial charge in [0.25, 0.3) is 0 Å². The van der Waals surface area contributed by atoms with E-state index in [1.54, 1.807) is 0 Å². The molecule has 17 heavy (non-hydrogen) atoms. The van der Waals surface area contributed by atoms with Crippen LogP contribution in [0.4, 0.5) is 0 Å². The molecule has 1 aliphatic heterocycles. The van der Waals surface area contributed by atoms with E-state index in [9.17, 15) is 0 Å². The zero-order chi connectivity index (χ0) is 12.7. The number of hydrogen-bond acceptors (Lipinski definition) is 2. The fourth-order valence-electron chi connectivity index (χ4n) is 2.24. The first-order chi connectivity index (χ1) is 8.05. The lowest BCUT2D eigenvalue weighted by molar-refractivity contribution is 0.0241. The summed E-state index contributed by atoms with van der Waals surface area (Å²) in [6, 6.07) is 0. The van der Waals surface area contributed by atoms with Gasteiger partial charge < -0.3 is 9.31 Å². The monoisotopic (exact) mass is 240 g/mol. The van der Waals surface area contributed by atoms with Crippen LogP contribution in [0, 0.1) is 5.41 Å². The van der Waals surface area contributed by atoms with E-state index in [-0.39, 0.29) is 12.5 Å². The van der Waals surface area contributed by atoms with E-state index < -0.39 is 0 Å². The van der Waals surface area contributed by atoms with Crippen LogP contribution in [0.2, 0.25) is 5.82 Å². The van der Waals surface area contributed by atoms with E-state index in [2.05, 4.69) is 27.7 Å². The van der Waals surface area contributed by atoms with Crippen molar-refractivity contribution in [2.24, 2.45) is 5.41 Å². The van der Waals surface area contributed by atoms with Crippen LogP contribution < -0.4 is 0 Å². The van der Waals surface area contributed by atoms with Gasteiger partial charge in [0.1, 0.15) is 0 Å². The SMILES string of the molecule is CCCCCCCC(C)B1OCC(C)(C)CO1. The molecule has 1 saturated heterocycles. The summed E-state index contributed by atoms with van der Waals surface area (Å²) in [7, 11) is 0.0363. The molecule has 1 unspecified atom stereocenters. The molecule has 100 valence electrons. The normalized spacial score (nSPS) is 21.5. The number of hydrogen-bond donors (Lipinski definition) is 0. The molecule has 0 radical (unpaired) electrons. The van der Waals surface area contributed by atoms with Gasteiger partial charge in [0.15, 0.2) is 0 Å². The average molecular weight is 240 g/mol. The summed E-state index contributed by atoms with van der Waals surface area (Å²) >= 11 is 0.